The van der Waals surface area contributed by atoms with Crippen LogP contribution in [0.1, 0.15) is 18.5 Å². The number of benzene rings is 1. The second kappa shape index (κ2) is 6.51. The fraction of sp³-hybridized carbons (Fsp3) is 0.500. The summed E-state index contributed by atoms with van der Waals surface area (Å²) in [6, 6.07) is 4.50. The molecule has 102 valence electrons. The molecule has 2 atom stereocenters. The first-order valence-electron chi connectivity index (χ1n) is 5.52. The van der Waals surface area contributed by atoms with Gasteiger partial charge in [0.1, 0.15) is 6.10 Å². The number of phenolic OH excluding ortho intramolecular Hbond substituents is 1. The summed E-state index contributed by atoms with van der Waals surface area (Å²) < 4.78 is 29.2. The number of aliphatic hydroxyl groups excluding tert-OH is 1. The number of hydrogen-bond donors (Lipinski definition) is 3. The van der Waals surface area contributed by atoms with Crippen LogP contribution < -0.4 is 10.1 Å². The molecule has 0 saturated carbocycles. The van der Waals surface area contributed by atoms with E-state index in [4.69, 9.17) is 9.84 Å². The Hall–Kier alpha value is -1.40. The van der Waals surface area contributed by atoms with Gasteiger partial charge in [-0.15, -0.1) is 0 Å². The SMILES string of the molecule is COc1cc(C(C)NCC(O)C(F)F)ccc1O. The minimum absolute atomic E-state index is 0.0149. The van der Waals surface area contributed by atoms with Crippen LogP contribution in [0.25, 0.3) is 0 Å². The zero-order valence-corrected chi connectivity index (χ0v) is 10.2. The molecule has 0 radical (unpaired) electrons. The van der Waals surface area contributed by atoms with Gasteiger partial charge in [0.2, 0.25) is 0 Å². The number of halogens is 2. The molecule has 1 aromatic rings. The first-order valence-corrected chi connectivity index (χ1v) is 5.52. The van der Waals surface area contributed by atoms with Gasteiger partial charge < -0.3 is 20.3 Å². The van der Waals surface area contributed by atoms with Crippen molar-refractivity contribution < 1.29 is 23.7 Å². The monoisotopic (exact) mass is 261 g/mol. The highest BCUT2D eigenvalue weighted by Gasteiger charge is 2.18. The summed E-state index contributed by atoms with van der Waals surface area (Å²) in [5.74, 6) is 0.330. The van der Waals surface area contributed by atoms with E-state index in [1.165, 1.54) is 13.2 Å². The lowest BCUT2D eigenvalue weighted by molar-refractivity contribution is -0.00439. The average molecular weight is 261 g/mol. The van der Waals surface area contributed by atoms with Crippen molar-refractivity contribution in [2.45, 2.75) is 25.5 Å². The smallest absolute Gasteiger partial charge is 0.265 e. The Kier molecular flexibility index (Phi) is 5.30. The minimum atomic E-state index is -2.76. The van der Waals surface area contributed by atoms with Gasteiger partial charge in [0.25, 0.3) is 6.43 Å². The predicted octanol–water partition coefficient (Wildman–Crippen LogP) is 1.68. The van der Waals surface area contributed by atoms with Crippen LogP contribution in [0.4, 0.5) is 8.78 Å². The van der Waals surface area contributed by atoms with Gasteiger partial charge in [0.05, 0.1) is 7.11 Å². The summed E-state index contributed by atoms with van der Waals surface area (Å²) in [7, 11) is 1.43. The topological polar surface area (TPSA) is 61.7 Å². The van der Waals surface area contributed by atoms with Crippen molar-refractivity contribution in [1.82, 2.24) is 5.32 Å². The van der Waals surface area contributed by atoms with Crippen LogP contribution in [0.3, 0.4) is 0 Å². The third kappa shape index (κ3) is 3.82. The van der Waals surface area contributed by atoms with E-state index in [0.717, 1.165) is 5.56 Å². The zero-order chi connectivity index (χ0) is 13.7. The van der Waals surface area contributed by atoms with Crippen LogP contribution in [-0.2, 0) is 0 Å². The van der Waals surface area contributed by atoms with E-state index in [1.807, 2.05) is 0 Å². The summed E-state index contributed by atoms with van der Waals surface area (Å²) in [5.41, 5.74) is 0.770. The number of phenols is 1. The van der Waals surface area contributed by atoms with Gasteiger partial charge in [-0.3, -0.25) is 0 Å². The van der Waals surface area contributed by atoms with Crippen LogP contribution in [0.2, 0.25) is 0 Å². The van der Waals surface area contributed by atoms with Crippen molar-refractivity contribution >= 4 is 0 Å². The molecule has 0 amide bonds. The van der Waals surface area contributed by atoms with E-state index in [1.54, 1.807) is 19.1 Å². The van der Waals surface area contributed by atoms with Crippen molar-refractivity contribution in [3.63, 3.8) is 0 Å². The number of nitrogens with one attached hydrogen (secondary N) is 1. The second-order valence-electron chi connectivity index (χ2n) is 3.96. The van der Waals surface area contributed by atoms with Crippen LogP contribution in [0, 0.1) is 0 Å². The fourth-order valence-electron chi connectivity index (χ4n) is 1.47. The highest BCUT2D eigenvalue weighted by atomic mass is 19.3. The largest absolute Gasteiger partial charge is 0.504 e. The lowest BCUT2D eigenvalue weighted by Gasteiger charge is -2.18. The van der Waals surface area contributed by atoms with Gasteiger partial charge in [-0.1, -0.05) is 6.07 Å². The highest BCUT2D eigenvalue weighted by molar-refractivity contribution is 5.42. The van der Waals surface area contributed by atoms with Crippen molar-refractivity contribution in [2.75, 3.05) is 13.7 Å². The molecule has 0 aliphatic heterocycles. The molecular formula is C12H17F2NO3. The molecule has 0 bridgehead atoms. The molecule has 0 saturated heterocycles. The first kappa shape index (κ1) is 14.7. The van der Waals surface area contributed by atoms with E-state index in [2.05, 4.69) is 5.32 Å². The van der Waals surface area contributed by atoms with Gasteiger partial charge in [-0.2, -0.15) is 0 Å². The van der Waals surface area contributed by atoms with Crippen LogP contribution >= 0.6 is 0 Å². The molecule has 0 aromatic heterocycles. The highest BCUT2D eigenvalue weighted by Crippen LogP contribution is 2.28. The molecule has 6 heteroatoms. The third-order valence-corrected chi connectivity index (χ3v) is 2.63. The Morgan fingerprint density at radius 1 is 1.39 bits per heavy atom. The van der Waals surface area contributed by atoms with Crippen molar-refractivity contribution in [3.8, 4) is 11.5 Å². The lowest BCUT2D eigenvalue weighted by Crippen LogP contribution is -2.33. The number of rotatable bonds is 6. The number of hydrogen-bond acceptors (Lipinski definition) is 4. The lowest BCUT2D eigenvalue weighted by atomic mass is 10.1. The van der Waals surface area contributed by atoms with Crippen LogP contribution in [0.15, 0.2) is 18.2 Å². The number of ether oxygens (including phenoxy) is 1. The van der Waals surface area contributed by atoms with Gasteiger partial charge >= 0.3 is 0 Å². The first-order chi connectivity index (χ1) is 8.45. The van der Waals surface area contributed by atoms with E-state index in [0.29, 0.717) is 5.75 Å². The average Bonchev–Trinajstić information content (AvgIpc) is 2.35. The molecule has 1 aromatic carbocycles. The van der Waals surface area contributed by atoms with E-state index >= 15 is 0 Å². The Morgan fingerprint density at radius 3 is 2.61 bits per heavy atom. The van der Waals surface area contributed by atoms with Crippen molar-refractivity contribution in [3.05, 3.63) is 23.8 Å². The fourth-order valence-corrected chi connectivity index (χ4v) is 1.47. The Labute approximate surface area is 104 Å². The second-order valence-corrected chi connectivity index (χ2v) is 3.96. The number of aromatic hydroxyl groups is 1. The number of methoxy groups -OCH3 is 1. The standard InChI is InChI=1S/C12H17F2NO3/c1-7(15-6-10(17)12(13)14)8-3-4-9(16)11(5-8)18-2/h3-5,7,10,12,15-17H,6H2,1-2H3. The molecule has 0 aliphatic carbocycles. The van der Waals surface area contributed by atoms with Gasteiger partial charge in [-0.05, 0) is 24.6 Å². The molecule has 0 spiro atoms. The van der Waals surface area contributed by atoms with Crippen molar-refractivity contribution in [2.24, 2.45) is 0 Å². The molecule has 4 nitrogen and oxygen atoms in total. The van der Waals surface area contributed by atoms with Crippen molar-refractivity contribution in [1.29, 1.82) is 0 Å². The summed E-state index contributed by atoms with van der Waals surface area (Å²) in [5, 5.41) is 21.2. The maximum absolute atomic E-state index is 12.1. The van der Waals surface area contributed by atoms with Crippen LogP contribution in [0.5, 0.6) is 11.5 Å². The minimum Gasteiger partial charge on any atom is -0.504 e. The van der Waals surface area contributed by atoms with E-state index < -0.39 is 12.5 Å². The van der Waals surface area contributed by atoms with E-state index in [9.17, 15) is 13.9 Å². The maximum Gasteiger partial charge on any atom is 0.265 e. The Bertz CT molecular complexity index is 388. The number of alkyl halides is 2. The quantitative estimate of drug-likeness (QED) is 0.729. The molecule has 0 fully saturated rings. The zero-order valence-electron chi connectivity index (χ0n) is 10.2. The molecular weight excluding hydrogens is 244 g/mol. The van der Waals surface area contributed by atoms with Gasteiger partial charge in [0.15, 0.2) is 11.5 Å². The third-order valence-electron chi connectivity index (χ3n) is 2.63. The molecule has 18 heavy (non-hydrogen) atoms. The summed E-state index contributed by atoms with van der Waals surface area (Å²) in [6.45, 7) is 1.56. The molecule has 3 N–H and O–H groups in total. The van der Waals surface area contributed by atoms with Gasteiger partial charge in [0, 0.05) is 12.6 Å². The maximum atomic E-state index is 12.1. The summed E-state index contributed by atoms with van der Waals surface area (Å²) >= 11 is 0. The molecule has 0 heterocycles. The molecule has 2 unspecified atom stereocenters. The predicted molar refractivity (Wildman–Crippen MR) is 63.1 cm³/mol. The normalized spacial score (nSPS) is 14.6. The summed E-state index contributed by atoms with van der Waals surface area (Å²) in [4.78, 5) is 0. The van der Waals surface area contributed by atoms with Gasteiger partial charge in [-0.25, -0.2) is 8.78 Å². The summed E-state index contributed by atoms with van der Waals surface area (Å²) in [6.07, 6.45) is -4.45. The number of aliphatic hydroxyl groups is 1. The Morgan fingerprint density at radius 2 is 2.06 bits per heavy atom. The Balaban J connectivity index is 2.64. The van der Waals surface area contributed by atoms with Crippen LogP contribution in [-0.4, -0.2) is 36.4 Å². The van der Waals surface area contributed by atoms with E-state index in [-0.39, 0.29) is 18.3 Å². The molecule has 0 aliphatic rings. The molecule has 1 rings (SSSR count).